The van der Waals surface area contributed by atoms with Gasteiger partial charge in [-0.2, -0.15) is 0 Å². The van der Waals surface area contributed by atoms with Gasteiger partial charge in [-0.05, 0) is 25.1 Å². The highest BCUT2D eigenvalue weighted by Gasteiger charge is 2.22. The first-order valence-electron chi connectivity index (χ1n) is 6.69. The van der Waals surface area contributed by atoms with Gasteiger partial charge >= 0.3 is 0 Å². The molecule has 5 nitrogen and oxygen atoms in total. The van der Waals surface area contributed by atoms with Gasteiger partial charge in [0, 0.05) is 30.3 Å². The van der Waals surface area contributed by atoms with Gasteiger partial charge in [-0.25, -0.2) is 15.0 Å². The lowest BCUT2D eigenvalue weighted by Crippen LogP contribution is -2.41. The number of hydrogen-bond acceptors (Lipinski definition) is 5. The molecule has 0 saturated carbocycles. The zero-order valence-corrected chi connectivity index (χ0v) is 11.1. The number of nitrogens with one attached hydrogen (secondary N) is 1. The summed E-state index contributed by atoms with van der Waals surface area (Å²) in [6.45, 7) is 3.93. The summed E-state index contributed by atoms with van der Waals surface area (Å²) < 4.78 is 5.36. The molecule has 1 aromatic carbocycles. The molecule has 1 N–H and O–H groups in total. The van der Waals surface area contributed by atoms with E-state index >= 15 is 0 Å². The molecule has 5 heteroatoms. The summed E-state index contributed by atoms with van der Waals surface area (Å²) >= 11 is 0. The number of nitrogens with zero attached hydrogens (tertiary/aromatic N) is 3. The Bertz CT molecular complexity index is 776. The highest BCUT2D eigenvalue weighted by molar-refractivity contribution is 5.78. The summed E-state index contributed by atoms with van der Waals surface area (Å²) in [5.74, 6) is 1.36. The molecule has 100 valence electrons. The normalized spacial score (nSPS) is 15.4. The Kier molecular flexibility index (Phi) is 2.53. The van der Waals surface area contributed by atoms with E-state index in [0.717, 1.165) is 47.0 Å². The van der Waals surface area contributed by atoms with Crippen LogP contribution in [0.3, 0.4) is 0 Å². The number of fused-ring (bicyclic) bond motifs is 1. The van der Waals surface area contributed by atoms with E-state index in [0.29, 0.717) is 5.92 Å². The Morgan fingerprint density at radius 1 is 1.20 bits per heavy atom. The van der Waals surface area contributed by atoms with Crippen molar-refractivity contribution in [2.75, 3.05) is 13.1 Å². The largest absolute Gasteiger partial charge is 0.443 e. The van der Waals surface area contributed by atoms with Crippen molar-refractivity contribution >= 4 is 11.1 Å². The molecule has 3 aromatic rings. The third-order valence-corrected chi connectivity index (χ3v) is 3.65. The van der Waals surface area contributed by atoms with Crippen LogP contribution in [0.15, 0.2) is 35.1 Å². The van der Waals surface area contributed by atoms with Gasteiger partial charge in [-0.1, -0.05) is 6.07 Å². The molecule has 0 radical (unpaired) electrons. The van der Waals surface area contributed by atoms with Crippen LogP contribution in [0.4, 0.5) is 0 Å². The van der Waals surface area contributed by atoms with Crippen LogP contribution in [0.2, 0.25) is 0 Å². The van der Waals surface area contributed by atoms with Crippen LogP contribution < -0.4 is 5.32 Å². The van der Waals surface area contributed by atoms with Gasteiger partial charge in [0.2, 0.25) is 0 Å². The van der Waals surface area contributed by atoms with Crippen molar-refractivity contribution in [1.82, 2.24) is 20.3 Å². The molecule has 0 unspecified atom stereocenters. The van der Waals surface area contributed by atoms with E-state index in [1.165, 1.54) is 6.39 Å². The first-order valence-corrected chi connectivity index (χ1v) is 6.69. The molecule has 0 bridgehead atoms. The fourth-order valence-electron chi connectivity index (χ4n) is 2.41. The molecule has 1 aliphatic rings. The smallest absolute Gasteiger partial charge is 0.181 e. The second-order valence-electron chi connectivity index (χ2n) is 5.14. The van der Waals surface area contributed by atoms with Gasteiger partial charge in [0.15, 0.2) is 12.0 Å². The van der Waals surface area contributed by atoms with E-state index in [4.69, 9.17) is 9.40 Å². The standard InChI is InChI=1S/C15H14N4O/c1-9-4-13(19-15(18-9)11-6-16-7-11)10-2-3-12-14(5-10)20-8-17-12/h2-5,8,11,16H,6-7H2,1H3. The van der Waals surface area contributed by atoms with Crippen molar-refractivity contribution in [3.8, 4) is 11.3 Å². The molecule has 1 saturated heterocycles. The third-order valence-electron chi connectivity index (χ3n) is 3.65. The molecule has 0 aliphatic carbocycles. The number of aromatic nitrogens is 3. The average molecular weight is 266 g/mol. The molecule has 0 amide bonds. The van der Waals surface area contributed by atoms with Crippen molar-refractivity contribution in [3.63, 3.8) is 0 Å². The maximum absolute atomic E-state index is 5.36. The van der Waals surface area contributed by atoms with Crippen LogP contribution in [0.25, 0.3) is 22.4 Å². The van der Waals surface area contributed by atoms with Crippen molar-refractivity contribution < 1.29 is 4.42 Å². The van der Waals surface area contributed by atoms with Gasteiger partial charge in [-0.3, -0.25) is 0 Å². The maximum atomic E-state index is 5.36. The fourth-order valence-corrected chi connectivity index (χ4v) is 2.41. The van der Waals surface area contributed by atoms with Gasteiger partial charge in [0.05, 0.1) is 5.69 Å². The number of hydrogen-bond donors (Lipinski definition) is 1. The van der Waals surface area contributed by atoms with Gasteiger partial charge in [0.1, 0.15) is 11.3 Å². The SMILES string of the molecule is Cc1cc(-c2ccc3ncoc3c2)nc(C2CNC2)n1. The molecule has 1 fully saturated rings. The average Bonchev–Trinajstić information content (AvgIpc) is 2.83. The van der Waals surface area contributed by atoms with Gasteiger partial charge in [0.25, 0.3) is 0 Å². The van der Waals surface area contributed by atoms with Crippen LogP contribution in [-0.4, -0.2) is 28.0 Å². The first kappa shape index (κ1) is 11.5. The van der Waals surface area contributed by atoms with Crippen molar-refractivity contribution in [3.05, 3.63) is 42.2 Å². The van der Waals surface area contributed by atoms with Crippen LogP contribution in [-0.2, 0) is 0 Å². The van der Waals surface area contributed by atoms with E-state index < -0.39 is 0 Å². The monoisotopic (exact) mass is 266 g/mol. The highest BCUT2D eigenvalue weighted by Crippen LogP contribution is 2.25. The molecule has 0 spiro atoms. The molecule has 3 heterocycles. The molecule has 0 atom stereocenters. The topological polar surface area (TPSA) is 63.8 Å². The van der Waals surface area contributed by atoms with Crippen LogP contribution >= 0.6 is 0 Å². The quantitative estimate of drug-likeness (QED) is 0.771. The van der Waals surface area contributed by atoms with Crippen LogP contribution in [0.1, 0.15) is 17.4 Å². The molecule has 1 aliphatic heterocycles. The lowest BCUT2D eigenvalue weighted by atomic mass is 10.0. The van der Waals surface area contributed by atoms with E-state index in [1.54, 1.807) is 0 Å². The Hall–Kier alpha value is -2.27. The fraction of sp³-hybridized carbons (Fsp3) is 0.267. The first-order chi connectivity index (χ1) is 9.79. The zero-order chi connectivity index (χ0) is 13.5. The maximum Gasteiger partial charge on any atom is 0.181 e. The lowest BCUT2D eigenvalue weighted by Gasteiger charge is -2.26. The Morgan fingerprint density at radius 2 is 2.10 bits per heavy atom. The van der Waals surface area contributed by atoms with Gasteiger partial charge < -0.3 is 9.73 Å². The molecule has 20 heavy (non-hydrogen) atoms. The molecular formula is C15H14N4O. The van der Waals surface area contributed by atoms with Crippen molar-refractivity contribution in [2.45, 2.75) is 12.8 Å². The lowest BCUT2D eigenvalue weighted by molar-refractivity contribution is 0.429. The minimum Gasteiger partial charge on any atom is -0.443 e. The van der Waals surface area contributed by atoms with E-state index in [2.05, 4.69) is 15.3 Å². The molecule has 2 aromatic heterocycles. The number of rotatable bonds is 2. The third kappa shape index (κ3) is 1.87. The van der Waals surface area contributed by atoms with E-state index in [-0.39, 0.29) is 0 Å². The minimum atomic E-state index is 0.433. The Labute approximate surface area is 116 Å². The van der Waals surface area contributed by atoms with E-state index in [9.17, 15) is 0 Å². The summed E-state index contributed by atoms with van der Waals surface area (Å²) in [6, 6.07) is 7.96. The van der Waals surface area contributed by atoms with Gasteiger partial charge in [-0.15, -0.1) is 0 Å². The minimum absolute atomic E-state index is 0.433. The van der Waals surface area contributed by atoms with Crippen LogP contribution in [0.5, 0.6) is 0 Å². The van der Waals surface area contributed by atoms with Crippen LogP contribution in [0, 0.1) is 6.92 Å². The Morgan fingerprint density at radius 3 is 2.90 bits per heavy atom. The molecule has 4 rings (SSSR count). The second-order valence-corrected chi connectivity index (χ2v) is 5.14. The van der Waals surface area contributed by atoms with E-state index in [1.807, 2.05) is 31.2 Å². The zero-order valence-electron chi connectivity index (χ0n) is 11.1. The predicted molar refractivity (Wildman–Crippen MR) is 75.4 cm³/mol. The summed E-state index contributed by atoms with van der Waals surface area (Å²) in [5, 5.41) is 3.26. The summed E-state index contributed by atoms with van der Waals surface area (Å²) in [5.41, 5.74) is 4.62. The number of oxazole rings is 1. The Balaban J connectivity index is 1.81. The second kappa shape index (κ2) is 4.38. The van der Waals surface area contributed by atoms with Crippen molar-refractivity contribution in [1.29, 1.82) is 0 Å². The van der Waals surface area contributed by atoms with Crippen molar-refractivity contribution in [2.24, 2.45) is 0 Å². The number of aryl methyl sites for hydroxylation is 1. The summed E-state index contributed by atoms with van der Waals surface area (Å²) in [7, 11) is 0. The summed E-state index contributed by atoms with van der Waals surface area (Å²) in [6.07, 6.45) is 1.46. The number of benzene rings is 1. The highest BCUT2D eigenvalue weighted by atomic mass is 16.3. The molecular weight excluding hydrogens is 252 g/mol. The summed E-state index contributed by atoms with van der Waals surface area (Å²) in [4.78, 5) is 13.4. The predicted octanol–water partition coefficient (Wildman–Crippen LogP) is 2.28.